The molecular weight excluding hydrogens is 395 g/mol. The minimum Gasteiger partial charge on any atom is -0.383 e. The summed E-state index contributed by atoms with van der Waals surface area (Å²) in [7, 11) is 1.52. The Bertz CT molecular complexity index is 941. The van der Waals surface area contributed by atoms with Crippen LogP contribution in [0, 0.1) is 0 Å². The van der Waals surface area contributed by atoms with E-state index in [1.54, 1.807) is 35.2 Å². The van der Waals surface area contributed by atoms with Crippen molar-refractivity contribution in [3.8, 4) is 0 Å². The molecule has 0 saturated heterocycles. The second kappa shape index (κ2) is 9.21. The van der Waals surface area contributed by atoms with Crippen LogP contribution >= 0.6 is 0 Å². The Labute approximate surface area is 173 Å². The van der Waals surface area contributed by atoms with E-state index in [1.807, 2.05) is 6.92 Å². The normalized spacial score (nSPS) is 14.6. The minimum atomic E-state index is -4.52. The molecule has 0 aliphatic carbocycles. The monoisotopic (exact) mass is 419 g/mol. The molecule has 0 radical (unpaired) electrons. The van der Waals surface area contributed by atoms with E-state index in [1.165, 1.54) is 19.4 Å². The van der Waals surface area contributed by atoms with E-state index in [0.717, 1.165) is 6.07 Å². The summed E-state index contributed by atoms with van der Waals surface area (Å²) < 4.78 is 46.4. The molecule has 5 nitrogen and oxygen atoms in total. The van der Waals surface area contributed by atoms with Gasteiger partial charge in [0.15, 0.2) is 0 Å². The number of methoxy groups -OCH3 is 1. The molecule has 1 heterocycles. The average Bonchev–Trinajstić information content (AvgIpc) is 3.04. The second-order valence-corrected chi connectivity index (χ2v) is 6.91. The Kier molecular flexibility index (Phi) is 6.66. The lowest BCUT2D eigenvalue weighted by Gasteiger charge is -2.27. The van der Waals surface area contributed by atoms with E-state index in [0.29, 0.717) is 42.9 Å². The highest BCUT2D eigenvalue weighted by Crippen LogP contribution is 2.39. The number of anilines is 3. The van der Waals surface area contributed by atoms with Gasteiger partial charge in [-0.2, -0.15) is 13.2 Å². The molecule has 0 spiro atoms. The summed E-state index contributed by atoms with van der Waals surface area (Å²) in [6.07, 6.45) is -2.37. The van der Waals surface area contributed by atoms with Crippen LogP contribution < -0.4 is 15.5 Å². The molecule has 2 aromatic carbocycles. The van der Waals surface area contributed by atoms with Crippen LogP contribution in [0.25, 0.3) is 5.57 Å². The Hall–Kier alpha value is -3.00. The quantitative estimate of drug-likeness (QED) is 0.593. The SMILES string of the molecule is CCCN(CCOC)c1ccc(NC=C2C(=O)Nc3ccccc32)cc1C(F)(F)F. The Balaban J connectivity index is 1.91. The number of ether oxygens (including phenoxy) is 1. The number of nitrogens with zero attached hydrogens (tertiary/aromatic N) is 1. The Morgan fingerprint density at radius 3 is 2.63 bits per heavy atom. The highest BCUT2D eigenvalue weighted by atomic mass is 19.4. The van der Waals surface area contributed by atoms with Gasteiger partial charge in [-0.25, -0.2) is 0 Å². The summed E-state index contributed by atoms with van der Waals surface area (Å²) in [5, 5.41) is 5.58. The summed E-state index contributed by atoms with van der Waals surface area (Å²) in [6, 6.07) is 11.3. The molecular formula is C22H24F3N3O2. The number of para-hydroxylation sites is 1. The Morgan fingerprint density at radius 2 is 1.93 bits per heavy atom. The molecule has 0 saturated carbocycles. The first kappa shape index (κ1) is 21.7. The fourth-order valence-electron chi connectivity index (χ4n) is 3.39. The van der Waals surface area contributed by atoms with Gasteiger partial charge < -0.3 is 20.3 Å². The van der Waals surface area contributed by atoms with Crippen LogP contribution in [0.2, 0.25) is 0 Å². The van der Waals surface area contributed by atoms with Gasteiger partial charge in [0, 0.05) is 49.0 Å². The highest BCUT2D eigenvalue weighted by Gasteiger charge is 2.35. The number of carbonyl (C=O) groups excluding carboxylic acids is 1. The summed E-state index contributed by atoms with van der Waals surface area (Å²) in [6.45, 7) is 3.10. The molecule has 0 unspecified atom stereocenters. The van der Waals surface area contributed by atoms with Gasteiger partial charge in [-0.15, -0.1) is 0 Å². The zero-order chi connectivity index (χ0) is 21.7. The van der Waals surface area contributed by atoms with Crippen molar-refractivity contribution in [1.29, 1.82) is 0 Å². The van der Waals surface area contributed by atoms with E-state index >= 15 is 0 Å². The smallest absolute Gasteiger partial charge is 0.383 e. The number of benzene rings is 2. The second-order valence-electron chi connectivity index (χ2n) is 6.91. The number of amides is 1. The van der Waals surface area contributed by atoms with Crippen molar-refractivity contribution in [2.75, 3.05) is 42.3 Å². The summed E-state index contributed by atoms with van der Waals surface area (Å²) in [5.41, 5.74) is 1.39. The van der Waals surface area contributed by atoms with Crippen LogP contribution in [-0.2, 0) is 15.7 Å². The van der Waals surface area contributed by atoms with E-state index in [2.05, 4.69) is 10.6 Å². The number of halogens is 3. The van der Waals surface area contributed by atoms with Gasteiger partial charge in [-0.3, -0.25) is 4.79 Å². The largest absolute Gasteiger partial charge is 0.418 e. The lowest BCUT2D eigenvalue weighted by molar-refractivity contribution is -0.137. The van der Waals surface area contributed by atoms with Crippen molar-refractivity contribution >= 4 is 28.5 Å². The third kappa shape index (κ3) is 4.76. The van der Waals surface area contributed by atoms with Gasteiger partial charge in [0.2, 0.25) is 0 Å². The molecule has 8 heteroatoms. The first-order valence-corrected chi connectivity index (χ1v) is 9.67. The predicted molar refractivity (Wildman–Crippen MR) is 112 cm³/mol. The van der Waals surface area contributed by atoms with Gasteiger partial charge in [-0.05, 0) is 30.7 Å². The van der Waals surface area contributed by atoms with E-state index in [9.17, 15) is 18.0 Å². The van der Waals surface area contributed by atoms with Gasteiger partial charge in [0.05, 0.1) is 17.7 Å². The number of hydrogen-bond acceptors (Lipinski definition) is 4. The van der Waals surface area contributed by atoms with Crippen LogP contribution in [0.4, 0.5) is 30.2 Å². The Morgan fingerprint density at radius 1 is 1.17 bits per heavy atom. The predicted octanol–water partition coefficient (Wildman–Crippen LogP) is 4.97. The van der Waals surface area contributed by atoms with Crippen molar-refractivity contribution in [2.24, 2.45) is 0 Å². The number of carbonyl (C=O) groups is 1. The number of fused-ring (bicyclic) bond motifs is 1. The molecule has 0 atom stereocenters. The topological polar surface area (TPSA) is 53.6 Å². The fraction of sp³-hybridized carbons (Fsp3) is 0.318. The zero-order valence-electron chi connectivity index (χ0n) is 16.8. The average molecular weight is 419 g/mol. The molecule has 1 aliphatic rings. The molecule has 160 valence electrons. The molecule has 2 N–H and O–H groups in total. The maximum absolute atomic E-state index is 13.8. The molecule has 3 rings (SSSR count). The van der Waals surface area contributed by atoms with Crippen molar-refractivity contribution < 1.29 is 22.7 Å². The molecule has 0 fully saturated rings. The lowest BCUT2D eigenvalue weighted by atomic mass is 10.1. The standard InChI is InChI=1S/C22H24F3N3O2/c1-3-10-28(11-12-30-2)20-9-8-15(13-18(20)22(23,24)25)26-14-17-16-6-4-5-7-19(16)27-21(17)29/h4-9,13-14,26H,3,10-12H2,1-2H3,(H,27,29). The summed E-state index contributed by atoms with van der Waals surface area (Å²) in [5.74, 6) is -0.301. The third-order valence-corrected chi connectivity index (χ3v) is 4.79. The van der Waals surface area contributed by atoms with E-state index in [4.69, 9.17) is 4.74 Å². The maximum Gasteiger partial charge on any atom is 0.418 e. The van der Waals surface area contributed by atoms with Gasteiger partial charge >= 0.3 is 6.18 Å². The van der Waals surface area contributed by atoms with Crippen LogP contribution in [0.1, 0.15) is 24.5 Å². The maximum atomic E-state index is 13.8. The van der Waals surface area contributed by atoms with Crippen LogP contribution in [-0.4, -0.2) is 32.7 Å². The minimum absolute atomic E-state index is 0.114. The van der Waals surface area contributed by atoms with Gasteiger partial charge in [0.1, 0.15) is 0 Å². The zero-order valence-corrected chi connectivity index (χ0v) is 16.8. The number of nitrogens with one attached hydrogen (secondary N) is 2. The van der Waals surface area contributed by atoms with Crippen LogP contribution in [0.5, 0.6) is 0 Å². The molecule has 0 bridgehead atoms. The van der Waals surface area contributed by atoms with E-state index < -0.39 is 11.7 Å². The number of alkyl halides is 3. The first-order valence-electron chi connectivity index (χ1n) is 9.67. The van der Waals surface area contributed by atoms with Crippen molar-refractivity contribution in [3.05, 3.63) is 59.8 Å². The summed E-state index contributed by atoms with van der Waals surface area (Å²) >= 11 is 0. The van der Waals surface area contributed by atoms with Crippen LogP contribution in [0.3, 0.4) is 0 Å². The molecule has 2 aromatic rings. The number of rotatable bonds is 8. The summed E-state index contributed by atoms with van der Waals surface area (Å²) in [4.78, 5) is 13.9. The van der Waals surface area contributed by atoms with Crippen LogP contribution in [0.15, 0.2) is 48.7 Å². The van der Waals surface area contributed by atoms with Gasteiger partial charge in [0.25, 0.3) is 5.91 Å². The fourth-order valence-corrected chi connectivity index (χ4v) is 3.39. The van der Waals surface area contributed by atoms with Crippen molar-refractivity contribution in [3.63, 3.8) is 0 Å². The molecule has 1 aliphatic heterocycles. The molecule has 1 amide bonds. The lowest BCUT2D eigenvalue weighted by Crippen LogP contribution is -2.30. The third-order valence-electron chi connectivity index (χ3n) is 4.79. The molecule has 30 heavy (non-hydrogen) atoms. The molecule has 0 aromatic heterocycles. The van der Waals surface area contributed by atoms with E-state index in [-0.39, 0.29) is 17.3 Å². The number of hydrogen-bond donors (Lipinski definition) is 2. The first-order chi connectivity index (χ1) is 14.3. The van der Waals surface area contributed by atoms with Crippen molar-refractivity contribution in [2.45, 2.75) is 19.5 Å². The highest BCUT2D eigenvalue weighted by molar-refractivity contribution is 6.31. The van der Waals surface area contributed by atoms with Gasteiger partial charge in [-0.1, -0.05) is 25.1 Å². The van der Waals surface area contributed by atoms with Crippen molar-refractivity contribution in [1.82, 2.24) is 0 Å².